The van der Waals surface area contributed by atoms with Crippen LogP contribution in [0.25, 0.3) is 11.0 Å². The van der Waals surface area contributed by atoms with Crippen molar-refractivity contribution in [3.63, 3.8) is 0 Å². The van der Waals surface area contributed by atoms with E-state index in [4.69, 9.17) is 10.2 Å². The quantitative estimate of drug-likeness (QED) is 0.168. The summed E-state index contributed by atoms with van der Waals surface area (Å²) in [5.74, 6) is -3.11. The number of hydrogen-bond acceptors (Lipinski definition) is 8. The molecule has 4 aliphatic rings. The number of ketones is 1. The van der Waals surface area contributed by atoms with Gasteiger partial charge in [-0.25, -0.2) is 0 Å². The smallest absolute Gasteiger partial charge is 0.287 e. The molecule has 6 atom stereocenters. The zero-order valence-corrected chi connectivity index (χ0v) is 26.5. The van der Waals surface area contributed by atoms with Gasteiger partial charge in [0.15, 0.2) is 0 Å². The zero-order valence-electron chi connectivity index (χ0n) is 26.5. The van der Waals surface area contributed by atoms with Crippen LogP contribution in [-0.2, 0) is 30.5 Å². The molecule has 0 saturated heterocycles. The highest BCUT2D eigenvalue weighted by Crippen LogP contribution is 2.65. The predicted molar refractivity (Wildman–Crippen MR) is 172 cm³/mol. The number of carbonyl (C=O) groups excluding carboxylic acids is 6. The summed E-state index contributed by atoms with van der Waals surface area (Å²) in [5.41, 5.74) is 5.09. The third-order valence-corrected chi connectivity index (χ3v) is 10.2. The third kappa shape index (κ3) is 6.21. The molecular formula is C34H38N6O8. The van der Waals surface area contributed by atoms with Gasteiger partial charge in [-0.1, -0.05) is 6.07 Å². The third-order valence-electron chi connectivity index (χ3n) is 10.2. The fourth-order valence-corrected chi connectivity index (χ4v) is 8.04. The first-order valence-electron chi connectivity index (χ1n) is 16.2. The molecule has 0 aliphatic heterocycles. The molecule has 3 aromatic rings. The van der Waals surface area contributed by atoms with Crippen molar-refractivity contribution >= 4 is 52.0 Å². The minimum absolute atomic E-state index is 0.0156. The van der Waals surface area contributed by atoms with Crippen LogP contribution >= 0.6 is 0 Å². The van der Waals surface area contributed by atoms with Gasteiger partial charge in [-0.05, 0) is 87.1 Å². The lowest BCUT2D eigenvalue weighted by Crippen LogP contribution is -2.47. The second-order valence-corrected chi connectivity index (χ2v) is 13.1. The second kappa shape index (κ2) is 13.1. The van der Waals surface area contributed by atoms with Crippen molar-refractivity contribution in [2.45, 2.75) is 64.1 Å². The van der Waals surface area contributed by atoms with Gasteiger partial charge in [0.25, 0.3) is 17.4 Å². The van der Waals surface area contributed by atoms with Gasteiger partial charge >= 0.3 is 0 Å². The predicted octanol–water partition coefficient (Wildman–Crippen LogP) is 1.22. The van der Waals surface area contributed by atoms with Crippen LogP contribution in [0.2, 0.25) is 0 Å². The summed E-state index contributed by atoms with van der Waals surface area (Å²) >= 11 is 0. The molecule has 0 spiro atoms. The van der Waals surface area contributed by atoms with E-state index in [0.29, 0.717) is 17.9 Å². The summed E-state index contributed by atoms with van der Waals surface area (Å²) in [5, 5.41) is 11.4. The number of anilines is 1. The molecule has 14 nitrogen and oxygen atoms in total. The van der Waals surface area contributed by atoms with Crippen molar-refractivity contribution in [1.29, 1.82) is 0 Å². The fourth-order valence-electron chi connectivity index (χ4n) is 8.04. The van der Waals surface area contributed by atoms with Crippen molar-refractivity contribution in [3.05, 3.63) is 64.8 Å². The highest BCUT2D eigenvalue weighted by atomic mass is 16.3. The minimum atomic E-state index is -1.30. The summed E-state index contributed by atoms with van der Waals surface area (Å²) in [6.45, 7) is 1.59. The largest absolute Gasteiger partial charge is 0.464 e. The van der Waals surface area contributed by atoms with Crippen molar-refractivity contribution < 1.29 is 33.2 Å². The number of rotatable bonds is 13. The van der Waals surface area contributed by atoms with E-state index in [1.165, 1.54) is 30.7 Å². The van der Waals surface area contributed by atoms with Crippen LogP contribution in [0.5, 0.6) is 0 Å². The van der Waals surface area contributed by atoms with Gasteiger partial charge in [-0.2, -0.15) is 0 Å². The first-order valence-corrected chi connectivity index (χ1v) is 16.2. The number of amides is 5. The number of benzene rings is 1. The Morgan fingerprint density at radius 1 is 1.08 bits per heavy atom. The van der Waals surface area contributed by atoms with Crippen molar-refractivity contribution in [1.82, 2.24) is 20.5 Å². The molecule has 7 rings (SSSR count). The van der Waals surface area contributed by atoms with Gasteiger partial charge in [0.2, 0.25) is 23.5 Å². The number of fused-ring (bicyclic) bond motifs is 1. The zero-order chi connectivity index (χ0) is 34.2. The highest BCUT2D eigenvalue weighted by molar-refractivity contribution is 6.36. The summed E-state index contributed by atoms with van der Waals surface area (Å²) in [6, 6.07) is 7.85. The Bertz CT molecular complexity index is 1860. The van der Waals surface area contributed by atoms with E-state index in [0.717, 1.165) is 29.2 Å². The molecule has 14 heteroatoms. The van der Waals surface area contributed by atoms with Crippen LogP contribution in [0.1, 0.15) is 55.8 Å². The maximum atomic E-state index is 13.5. The molecule has 4 bridgehead atoms. The number of primary amides is 1. The highest BCUT2D eigenvalue weighted by Gasteiger charge is 2.65. The molecule has 252 valence electrons. The molecule has 2 heterocycles. The number of Topliss-reactive ketones (excluding diaryl/α,β-unsaturated/α-hetero) is 1. The summed E-state index contributed by atoms with van der Waals surface area (Å²) in [6.07, 6.45) is 5.53. The number of nitrogens with one attached hydrogen (secondary N) is 4. The monoisotopic (exact) mass is 658 g/mol. The lowest BCUT2D eigenvalue weighted by Gasteiger charge is -2.32. The number of likely N-dealkylation sites (N-methyl/N-ethyl adjacent to an activating group) is 1. The fraction of sp³-hybridized carbons (Fsp3) is 0.441. The van der Waals surface area contributed by atoms with Gasteiger partial charge < -0.3 is 36.0 Å². The van der Waals surface area contributed by atoms with Gasteiger partial charge in [-0.3, -0.25) is 33.6 Å². The Kier molecular flexibility index (Phi) is 8.91. The van der Waals surface area contributed by atoms with Crippen molar-refractivity contribution in [3.8, 4) is 0 Å². The topological polar surface area (TPSA) is 212 Å². The number of carbonyl (C=O) groups is 6. The Morgan fingerprint density at radius 3 is 2.67 bits per heavy atom. The molecule has 1 aromatic carbocycles. The molecule has 5 unspecified atom stereocenters. The van der Waals surface area contributed by atoms with E-state index >= 15 is 0 Å². The number of pyridine rings is 1. The summed E-state index contributed by atoms with van der Waals surface area (Å²) < 4.78 is 6.52. The number of nitrogens with two attached hydrogens (primary N) is 1. The van der Waals surface area contributed by atoms with Gasteiger partial charge in [0, 0.05) is 36.2 Å². The standard InChI is InChI=1S/C34H38N6O8/c1-2-36-31(45)25(41)8-7-23(37-29(43)20-6-5-19-9-11-48-26(19)14-20)30(44)38-24-4-3-10-40(32(24)46)17-27(42)39-28-21-12-18-13-22(28)34(15-18,16-21)33(35)47/h3-6,9-11,14,18,21-23,28H,2,7-8,12-13,15-17H2,1H3,(H2,35,47)(H,36,45)(H,37,43)(H,38,44)(H,39,42)/t18?,21?,22?,23-,28?,34?/m0/s1. The first kappa shape index (κ1) is 32.7. The Hall–Kier alpha value is -5.27. The number of aromatic nitrogens is 1. The van der Waals surface area contributed by atoms with Crippen LogP contribution < -0.4 is 32.6 Å². The van der Waals surface area contributed by atoms with E-state index in [9.17, 15) is 33.6 Å². The SMILES string of the molecule is CCNC(=O)C(=O)CC[C@H](NC(=O)c1ccc2ccoc2c1)C(=O)Nc1cccn(CC(=O)NC2C3CC4CC2C(C(N)=O)(C4)C3)c1=O. The van der Waals surface area contributed by atoms with Crippen LogP contribution in [0, 0.1) is 23.2 Å². The van der Waals surface area contributed by atoms with E-state index in [1.54, 1.807) is 25.1 Å². The molecule has 4 saturated carbocycles. The second-order valence-electron chi connectivity index (χ2n) is 13.1. The van der Waals surface area contributed by atoms with Crippen LogP contribution in [0.3, 0.4) is 0 Å². The molecule has 48 heavy (non-hydrogen) atoms. The minimum Gasteiger partial charge on any atom is -0.464 e. The summed E-state index contributed by atoms with van der Waals surface area (Å²) in [7, 11) is 0. The molecule has 6 N–H and O–H groups in total. The average molecular weight is 659 g/mol. The number of furan rings is 1. The first-order chi connectivity index (χ1) is 23.0. The van der Waals surface area contributed by atoms with E-state index < -0.39 is 46.4 Å². The Labute approximate surface area is 275 Å². The van der Waals surface area contributed by atoms with Crippen molar-refractivity contribution in [2.24, 2.45) is 28.9 Å². The Morgan fingerprint density at radius 2 is 1.90 bits per heavy atom. The van der Waals surface area contributed by atoms with Crippen LogP contribution in [0.15, 0.2) is 58.1 Å². The molecule has 4 aliphatic carbocycles. The lowest BCUT2D eigenvalue weighted by molar-refractivity contribution is -0.138. The molecule has 2 aromatic heterocycles. The van der Waals surface area contributed by atoms with Gasteiger partial charge in [0.05, 0.1) is 11.7 Å². The summed E-state index contributed by atoms with van der Waals surface area (Å²) in [4.78, 5) is 89.9. The van der Waals surface area contributed by atoms with Gasteiger partial charge in [-0.15, -0.1) is 0 Å². The van der Waals surface area contributed by atoms with E-state index in [2.05, 4.69) is 21.3 Å². The number of nitrogens with zero attached hydrogens (tertiary/aromatic N) is 1. The van der Waals surface area contributed by atoms with E-state index in [1.807, 2.05) is 0 Å². The maximum Gasteiger partial charge on any atom is 0.287 e. The normalized spacial score (nSPS) is 24.2. The molecular weight excluding hydrogens is 620 g/mol. The average Bonchev–Trinajstić information content (AvgIpc) is 3.69. The van der Waals surface area contributed by atoms with Gasteiger partial charge in [0.1, 0.15) is 23.9 Å². The Balaban J connectivity index is 1.14. The van der Waals surface area contributed by atoms with Crippen LogP contribution in [-0.4, -0.2) is 58.5 Å². The van der Waals surface area contributed by atoms with E-state index in [-0.39, 0.29) is 61.0 Å². The molecule has 0 radical (unpaired) electrons. The number of hydrogen-bond donors (Lipinski definition) is 5. The molecule has 4 fully saturated rings. The van der Waals surface area contributed by atoms with Crippen molar-refractivity contribution in [2.75, 3.05) is 11.9 Å². The lowest BCUT2D eigenvalue weighted by atomic mass is 9.75. The molecule has 5 amide bonds. The van der Waals surface area contributed by atoms with Crippen LogP contribution in [0.4, 0.5) is 5.69 Å². The maximum absolute atomic E-state index is 13.5.